The summed E-state index contributed by atoms with van der Waals surface area (Å²) >= 11 is 0. The van der Waals surface area contributed by atoms with Crippen molar-refractivity contribution in [1.82, 2.24) is 0 Å². The second-order valence-corrected chi connectivity index (χ2v) is 4.37. The molecule has 0 amide bonds. The lowest BCUT2D eigenvalue weighted by Gasteiger charge is -2.29. The number of aliphatic carboxylic acids is 1. The highest BCUT2D eigenvalue weighted by Gasteiger charge is 2.37. The summed E-state index contributed by atoms with van der Waals surface area (Å²) in [6.07, 6.45) is 3.76. The molecule has 1 rings (SSSR count). The van der Waals surface area contributed by atoms with Crippen LogP contribution in [0.3, 0.4) is 0 Å². The van der Waals surface area contributed by atoms with Crippen LogP contribution >= 0.6 is 0 Å². The van der Waals surface area contributed by atoms with Crippen LogP contribution in [0.1, 0.15) is 32.6 Å². The van der Waals surface area contributed by atoms with Gasteiger partial charge in [-0.3, -0.25) is 9.59 Å². The second kappa shape index (κ2) is 5.14. The molecule has 0 bridgehead atoms. The van der Waals surface area contributed by atoms with Crippen molar-refractivity contribution in [1.29, 1.82) is 0 Å². The molecule has 0 aliphatic heterocycles. The lowest BCUT2D eigenvalue weighted by Crippen LogP contribution is -2.34. The van der Waals surface area contributed by atoms with E-state index >= 15 is 0 Å². The molecule has 0 aromatic heterocycles. The Kier molecular flexibility index (Phi) is 4.12. The molecule has 1 aliphatic carbocycles. The van der Waals surface area contributed by atoms with Gasteiger partial charge in [-0.15, -0.1) is 0 Å². The minimum absolute atomic E-state index is 0.0568. The predicted octanol–water partition coefficient (Wildman–Crippen LogP) is 1.69. The number of carbonyl (C=O) groups excluding carboxylic acids is 1. The van der Waals surface area contributed by atoms with E-state index in [0.717, 1.165) is 25.7 Å². The summed E-state index contributed by atoms with van der Waals surface area (Å²) < 4.78 is 4.54. The SMILES string of the molecule is COC(=O)C(C(=O)O)C1CCCC(C)C1. The molecule has 4 heteroatoms. The number of carboxylic acid groups (broad SMARTS) is 1. The smallest absolute Gasteiger partial charge is 0.320 e. The first-order valence-electron chi connectivity index (χ1n) is 5.37. The van der Waals surface area contributed by atoms with Crippen molar-refractivity contribution >= 4 is 11.9 Å². The zero-order chi connectivity index (χ0) is 11.4. The summed E-state index contributed by atoms with van der Waals surface area (Å²) in [5, 5.41) is 9.01. The summed E-state index contributed by atoms with van der Waals surface area (Å²) in [6.45, 7) is 2.10. The molecule has 1 saturated carbocycles. The van der Waals surface area contributed by atoms with E-state index in [9.17, 15) is 9.59 Å². The van der Waals surface area contributed by atoms with Gasteiger partial charge in [0.25, 0.3) is 0 Å². The fourth-order valence-electron chi connectivity index (χ4n) is 2.41. The van der Waals surface area contributed by atoms with Crippen molar-refractivity contribution < 1.29 is 19.4 Å². The van der Waals surface area contributed by atoms with E-state index in [2.05, 4.69) is 11.7 Å². The molecule has 1 N–H and O–H groups in total. The van der Waals surface area contributed by atoms with Crippen LogP contribution < -0.4 is 0 Å². The normalized spacial score (nSPS) is 28.1. The maximum Gasteiger partial charge on any atom is 0.320 e. The highest BCUT2D eigenvalue weighted by molar-refractivity contribution is 5.94. The molecule has 1 fully saturated rings. The van der Waals surface area contributed by atoms with Gasteiger partial charge >= 0.3 is 11.9 Å². The largest absolute Gasteiger partial charge is 0.481 e. The van der Waals surface area contributed by atoms with Crippen molar-refractivity contribution in [2.45, 2.75) is 32.6 Å². The van der Waals surface area contributed by atoms with Gasteiger partial charge in [-0.25, -0.2) is 0 Å². The van der Waals surface area contributed by atoms with Gasteiger partial charge in [-0.05, 0) is 24.7 Å². The quantitative estimate of drug-likeness (QED) is 0.573. The van der Waals surface area contributed by atoms with Crippen LogP contribution in [0.5, 0.6) is 0 Å². The lowest BCUT2D eigenvalue weighted by molar-refractivity contribution is -0.160. The Morgan fingerprint density at radius 3 is 2.53 bits per heavy atom. The molecule has 86 valence electrons. The number of carboxylic acids is 1. The van der Waals surface area contributed by atoms with Crippen LogP contribution in [0.4, 0.5) is 0 Å². The molecule has 0 heterocycles. The predicted molar refractivity (Wildman–Crippen MR) is 54.3 cm³/mol. The number of methoxy groups -OCH3 is 1. The second-order valence-electron chi connectivity index (χ2n) is 4.37. The first-order chi connectivity index (χ1) is 7.06. The van der Waals surface area contributed by atoms with Gasteiger partial charge in [0.05, 0.1) is 7.11 Å². The number of hydrogen-bond acceptors (Lipinski definition) is 3. The third-order valence-corrected chi connectivity index (χ3v) is 3.17. The van der Waals surface area contributed by atoms with Gasteiger partial charge in [0, 0.05) is 0 Å². The molecule has 0 aromatic carbocycles. The first-order valence-corrected chi connectivity index (χ1v) is 5.37. The number of rotatable bonds is 3. The average molecular weight is 214 g/mol. The summed E-state index contributed by atoms with van der Waals surface area (Å²) in [4.78, 5) is 22.4. The zero-order valence-corrected chi connectivity index (χ0v) is 9.23. The highest BCUT2D eigenvalue weighted by Crippen LogP contribution is 2.34. The van der Waals surface area contributed by atoms with E-state index in [0.29, 0.717) is 5.92 Å². The minimum Gasteiger partial charge on any atom is -0.481 e. The van der Waals surface area contributed by atoms with Crippen LogP contribution in [0, 0.1) is 17.8 Å². The van der Waals surface area contributed by atoms with Crippen LogP contribution in [-0.2, 0) is 14.3 Å². The molecule has 3 atom stereocenters. The number of hydrogen-bond donors (Lipinski definition) is 1. The molecule has 0 aromatic rings. The van der Waals surface area contributed by atoms with Crippen molar-refractivity contribution in [3.05, 3.63) is 0 Å². The maximum absolute atomic E-state index is 11.4. The molecule has 15 heavy (non-hydrogen) atoms. The van der Waals surface area contributed by atoms with Crippen LogP contribution in [0.2, 0.25) is 0 Å². The number of esters is 1. The number of carbonyl (C=O) groups is 2. The Bertz CT molecular complexity index is 249. The summed E-state index contributed by atoms with van der Waals surface area (Å²) in [5.41, 5.74) is 0. The van der Waals surface area contributed by atoms with E-state index in [1.54, 1.807) is 0 Å². The van der Waals surface area contributed by atoms with Crippen molar-refractivity contribution in [2.75, 3.05) is 7.11 Å². The lowest BCUT2D eigenvalue weighted by atomic mass is 9.75. The van der Waals surface area contributed by atoms with Crippen LogP contribution in [0.15, 0.2) is 0 Å². The van der Waals surface area contributed by atoms with Gasteiger partial charge in [0.15, 0.2) is 5.92 Å². The standard InChI is InChI=1S/C11H18O4/c1-7-4-3-5-8(6-7)9(10(12)13)11(14)15-2/h7-9H,3-6H2,1-2H3,(H,12,13). The molecular weight excluding hydrogens is 196 g/mol. The van der Waals surface area contributed by atoms with E-state index in [-0.39, 0.29) is 5.92 Å². The Hall–Kier alpha value is -1.06. The Morgan fingerprint density at radius 2 is 2.07 bits per heavy atom. The fraction of sp³-hybridized carbons (Fsp3) is 0.818. The van der Waals surface area contributed by atoms with Crippen molar-refractivity contribution in [3.63, 3.8) is 0 Å². The molecule has 3 unspecified atom stereocenters. The fourth-order valence-corrected chi connectivity index (χ4v) is 2.41. The van der Waals surface area contributed by atoms with E-state index in [1.807, 2.05) is 0 Å². The zero-order valence-electron chi connectivity index (χ0n) is 9.23. The van der Waals surface area contributed by atoms with E-state index < -0.39 is 17.9 Å². The average Bonchev–Trinajstić information content (AvgIpc) is 2.17. The molecule has 0 saturated heterocycles. The van der Waals surface area contributed by atoms with Crippen molar-refractivity contribution in [2.24, 2.45) is 17.8 Å². The summed E-state index contributed by atoms with van der Waals surface area (Å²) in [7, 11) is 1.24. The van der Waals surface area contributed by atoms with Gasteiger partial charge in [0.1, 0.15) is 0 Å². The molecule has 0 spiro atoms. The highest BCUT2D eigenvalue weighted by atomic mass is 16.5. The molecule has 0 radical (unpaired) electrons. The monoisotopic (exact) mass is 214 g/mol. The van der Waals surface area contributed by atoms with Gasteiger partial charge < -0.3 is 9.84 Å². The van der Waals surface area contributed by atoms with E-state index in [1.165, 1.54) is 7.11 Å². The van der Waals surface area contributed by atoms with Gasteiger partial charge in [0.2, 0.25) is 0 Å². The van der Waals surface area contributed by atoms with E-state index in [4.69, 9.17) is 5.11 Å². The summed E-state index contributed by atoms with van der Waals surface area (Å²) in [5.74, 6) is -2.19. The third-order valence-electron chi connectivity index (χ3n) is 3.17. The molecule has 1 aliphatic rings. The first kappa shape index (κ1) is 12.0. The number of ether oxygens (including phenoxy) is 1. The molecular formula is C11H18O4. The van der Waals surface area contributed by atoms with Crippen LogP contribution in [0.25, 0.3) is 0 Å². The Morgan fingerprint density at radius 1 is 1.40 bits per heavy atom. The molecule has 4 nitrogen and oxygen atoms in total. The Balaban J connectivity index is 2.70. The Labute approximate surface area is 89.6 Å². The van der Waals surface area contributed by atoms with Crippen LogP contribution in [-0.4, -0.2) is 24.2 Å². The van der Waals surface area contributed by atoms with Gasteiger partial charge in [-0.2, -0.15) is 0 Å². The van der Waals surface area contributed by atoms with Gasteiger partial charge in [-0.1, -0.05) is 19.8 Å². The third kappa shape index (κ3) is 2.94. The summed E-state index contributed by atoms with van der Waals surface area (Å²) in [6, 6.07) is 0. The van der Waals surface area contributed by atoms with Crippen molar-refractivity contribution in [3.8, 4) is 0 Å². The maximum atomic E-state index is 11.4. The minimum atomic E-state index is -1.05. The topological polar surface area (TPSA) is 63.6 Å².